The van der Waals surface area contributed by atoms with Crippen LogP contribution < -0.4 is 4.72 Å². The van der Waals surface area contributed by atoms with E-state index < -0.39 is 10.0 Å². The molecule has 1 aromatic heterocycles. The summed E-state index contributed by atoms with van der Waals surface area (Å²) in [6.45, 7) is 2.40. The van der Waals surface area contributed by atoms with E-state index in [2.05, 4.69) is 9.71 Å². The molecule has 0 saturated heterocycles. The number of nitrogens with zero attached hydrogens (tertiary/aromatic N) is 1. The summed E-state index contributed by atoms with van der Waals surface area (Å²) >= 11 is 0. The minimum absolute atomic E-state index is 0.214. The maximum Gasteiger partial charge on any atom is 0.211 e. The van der Waals surface area contributed by atoms with Gasteiger partial charge in [-0.15, -0.1) is 0 Å². The van der Waals surface area contributed by atoms with Gasteiger partial charge in [-0.05, 0) is 18.6 Å². The second kappa shape index (κ2) is 6.60. The van der Waals surface area contributed by atoms with Crippen molar-refractivity contribution < 1.29 is 8.42 Å². The number of hydrogen-bond acceptors (Lipinski definition) is 3. The van der Waals surface area contributed by atoms with Gasteiger partial charge >= 0.3 is 0 Å². The minimum atomic E-state index is -3.09. The van der Waals surface area contributed by atoms with Crippen LogP contribution in [0.15, 0.2) is 24.4 Å². The second-order valence-corrected chi connectivity index (χ2v) is 5.56. The standard InChI is InChI=1S/C11H18N2O2S/c1-2-3-10-16(14,15)13-9-7-11-6-4-5-8-12-11/h4-6,8,13H,2-3,7,9-10H2,1H3. The maximum absolute atomic E-state index is 11.4. The highest BCUT2D eigenvalue weighted by atomic mass is 32.2. The molecular weight excluding hydrogens is 224 g/mol. The smallest absolute Gasteiger partial charge is 0.211 e. The molecule has 1 aromatic rings. The third kappa shape index (κ3) is 5.23. The lowest BCUT2D eigenvalue weighted by molar-refractivity contribution is 0.578. The summed E-state index contributed by atoms with van der Waals surface area (Å²) in [5.74, 6) is 0.214. The molecule has 0 radical (unpaired) electrons. The van der Waals surface area contributed by atoms with Crippen molar-refractivity contribution >= 4 is 10.0 Å². The number of hydrogen-bond donors (Lipinski definition) is 1. The highest BCUT2D eigenvalue weighted by Crippen LogP contribution is 1.96. The first kappa shape index (κ1) is 13.1. The van der Waals surface area contributed by atoms with Crippen LogP contribution in [0.4, 0.5) is 0 Å². The molecule has 0 amide bonds. The van der Waals surface area contributed by atoms with E-state index in [0.717, 1.165) is 12.1 Å². The first-order valence-electron chi connectivity index (χ1n) is 5.51. The zero-order chi connectivity index (χ0) is 11.9. The van der Waals surface area contributed by atoms with Crippen molar-refractivity contribution in [2.45, 2.75) is 26.2 Å². The second-order valence-electron chi connectivity index (χ2n) is 3.64. The number of nitrogens with one attached hydrogen (secondary N) is 1. The van der Waals surface area contributed by atoms with E-state index in [1.807, 2.05) is 25.1 Å². The molecule has 0 fully saturated rings. The Morgan fingerprint density at radius 3 is 2.81 bits per heavy atom. The number of rotatable bonds is 7. The van der Waals surface area contributed by atoms with Crippen LogP contribution in [0.2, 0.25) is 0 Å². The third-order valence-corrected chi connectivity index (χ3v) is 3.67. The summed E-state index contributed by atoms with van der Waals surface area (Å²) in [7, 11) is -3.09. The Labute approximate surface area is 97.2 Å². The predicted octanol–water partition coefficient (Wildman–Crippen LogP) is 1.34. The van der Waals surface area contributed by atoms with E-state index >= 15 is 0 Å². The van der Waals surface area contributed by atoms with Crippen LogP contribution in [-0.4, -0.2) is 25.7 Å². The predicted molar refractivity (Wildman–Crippen MR) is 64.6 cm³/mol. The molecular formula is C11H18N2O2S. The molecule has 0 unspecified atom stereocenters. The van der Waals surface area contributed by atoms with E-state index in [1.165, 1.54) is 0 Å². The van der Waals surface area contributed by atoms with Crippen LogP contribution >= 0.6 is 0 Å². The van der Waals surface area contributed by atoms with Gasteiger partial charge in [0.25, 0.3) is 0 Å². The summed E-state index contributed by atoms with van der Waals surface area (Å²) in [5.41, 5.74) is 0.903. The fraction of sp³-hybridized carbons (Fsp3) is 0.545. The summed E-state index contributed by atoms with van der Waals surface area (Å²) in [4.78, 5) is 4.13. The molecule has 0 bridgehead atoms. The molecule has 5 heteroatoms. The molecule has 1 N–H and O–H groups in total. The van der Waals surface area contributed by atoms with Gasteiger partial charge in [0.15, 0.2) is 0 Å². The normalized spacial score (nSPS) is 11.6. The molecule has 1 rings (SSSR count). The lowest BCUT2D eigenvalue weighted by Gasteiger charge is -2.05. The van der Waals surface area contributed by atoms with Crippen molar-refractivity contribution in [2.24, 2.45) is 0 Å². The highest BCUT2D eigenvalue weighted by Gasteiger charge is 2.07. The zero-order valence-electron chi connectivity index (χ0n) is 9.52. The average molecular weight is 242 g/mol. The quantitative estimate of drug-likeness (QED) is 0.785. The molecule has 0 saturated carbocycles. The van der Waals surface area contributed by atoms with Crippen molar-refractivity contribution in [1.82, 2.24) is 9.71 Å². The van der Waals surface area contributed by atoms with E-state index in [0.29, 0.717) is 19.4 Å². The first-order chi connectivity index (χ1) is 7.64. The molecule has 16 heavy (non-hydrogen) atoms. The molecule has 90 valence electrons. The van der Waals surface area contributed by atoms with Crippen molar-refractivity contribution in [3.8, 4) is 0 Å². The van der Waals surface area contributed by atoms with Gasteiger partial charge in [0.2, 0.25) is 10.0 Å². The van der Waals surface area contributed by atoms with Gasteiger partial charge in [0.1, 0.15) is 0 Å². The van der Waals surface area contributed by atoms with Crippen molar-refractivity contribution in [2.75, 3.05) is 12.3 Å². The summed E-state index contributed by atoms with van der Waals surface area (Å²) in [6, 6.07) is 5.63. The monoisotopic (exact) mass is 242 g/mol. The van der Waals surface area contributed by atoms with Gasteiger partial charge < -0.3 is 0 Å². The van der Waals surface area contributed by atoms with Crippen LogP contribution in [-0.2, 0) is 16.4 Å². The average Bonchev–Trinajstić information content (AvgIpc) is 2.28. The Bertz CT molecular complexity index is 390. The van der Waals surface area contributed by atoms with Crippen LogP contribution in [0, 0.1) is 0 Å². The molecule has 0 aliphatic carbocycles. The molecule has 1 heterocycles. The molecule has 0 atom stereocenters. The van der Waals surface area contributed by atoms with Crippen LogP contribution in [0.5, 0.6) is 0 Å². The van der Waals surface area contributed by atoms with Gasteiger partial charge in [-0.3, -0.25) is 4.98 Å². The Morgan fingerprint density at radius 2 is 2.19 bits per heavy atom. The minimum Gasteiger partial charge on any atom is -0.261 e. The largest absolute Gasteiger partial charge is 0.261 e. The number of unbranched alkanes of at least 4 members (excludes halogenated alkanes) is 1. The number of sulfonamides is 1. The lowest BCUT2D eigenvalue weighted by atomic mass is 10.3. The van der Waals surface area contributed by atoms with E-state index in [4.69, 9.17) is 0 Å². The molecule has 0 aromatic carbocycles. The van der Waals surface area contributed by atoms with Crippen LogP contribution in [0.3, 0.4) is 0 Å². The van der Waals surface area contributed by atoms with Crippen molar-refractivity contribution in [3.63, 3.8) is 0 Å². The van der Waals surface area contributed by atoms with Crippen LogP contribution in [0.1, 0.15) is 25.5 Å². The summed E-state index contributed by atoms with van der Waals surface area (Å²) < 4.78 is 25.5. The van der Waals surface area contributed by atoms with Gasteiger partial charge in [0.05, 0.1) is 5.75 Å². The van der Waals surface area contributed by atoms with Crippen molar-refractivity contribution in [3.05, 3.63) is 30.1 Å². The Kier molecular flexibility index (Phi) is 5.42. The van der Waals surface area contributed by atoms with Crippen LogP contribution in [0.25, 0.3) is 0 Å². The molecule has 0 aliphatic rings. The number of pyridine rings is 1. The summed E-state index contributed by atoms with van der Waals surface area (Å²) in [5, 5.41) is 0. The Balaban J connectivity index is 2.30. The van der Waals surface area contributed by atoms with E-state index in [9.17, 15) is 8.42 Å². The Morgan fingerprint density at radius 1 is 1.38 bits per heavy atom. The fourth-order valence-electron chi connectivity index (χ4n) is 1.29. The maximum atomic E-state index is 11.4. The van der Waals surface area contributed by atoms with Gasteiger partial charge in [0, 0.05) is 24.9 Å². The molecule has 0 spiro atoms. The molecule has 4 nitrogen and oxygen atoms in total. The summed E-state index contributed by atoms with van der Waals surface area (Å²) in [6.07, 6.45) is 3.94. The van der Waals surface area contributed by atoms with E-state index in [1.54, 1.807) is 6.20 Å². The topological polar surface area (TPSA) is 59.1 Å². The SMILES string of the molecule is CCCCS(=O)(=O)NCCc1ccccn1. The first-order valence-corrected chi connectivity index (χ1v) is 7.16. The van der Waals surface area contributed by atoms with Crippen molar-refractivity contribution in [1.29, 1.82) is 0 Å². The Hall–Kier alpha value is -0.940. The van der Waals surface area contributed by atoms with E-state index in [-0.39, 0.29) is 5.75 Å². The lowest BCUT2D eigenvalue weighted by Crippen LogP contribution is -2.28. The van der Waals surface area contributed by atoms with Gasteiger partial charge in [-0.2, -0.15) is 0 Å². The fourth-order valence-corrected chi connectivity index (χ4v) is 2.51. The number of aromatic nitrogens is 1. The van der Waals surface area contributed by atoms with Gasteiger partial charge in [-0.25, -0.2) is 13.1 Å². The molecule has 0 aliphatic heterocycles. The third-order valence-electron chi connectivity index (χ3n) is 2.20. The van der Waals surface area contributed by atoms with Gasteiger partial charge in [-0.1, -0.05) is 19.4 Å². The zero-order valence-corrected chi connectivity index (χ0v) is 10.3. The highest BCUT2D eigenvalue weighted by molar-refractivity contribution is 7.89.